The fraction of sp³-hybridized carbons (Fsp3) is 0.667. The topological polar surface area (TPSA) is 29.5 Å². The molecular weight excluding hydrogens is 244 g/mol. The molecule has 1 unspecified atom stereocenters. The number of hydrogen-bond donors (Lipinski definition) is 1. The van der Waals surface area contributed by atoms with Crippen LogP contribution in [0.1, 0.15) is 43.1 Å². The summed E-state index contributed by atoms with van der Waals surface area (Å²) in [5.74, 6) is 0. The highest BCUT2D eigenvalue weighted by molar-refractivity contribution is 7.10. The number of aliphatic hydroxyl groups excluding tert-OH is 1. The molecule has 0 radical (unpaired) electrons. The highest BCUT2D eigenvalue weighted by Crippen LogP contribution is 2.44. The maximum atomic E-state index is 10.5. The van der Waals surface area contributed by atoms with Crippen LogP contribution in [0.5, 0.6) is 0 Å². The van der Waals surface area contributed by atoms with Crippen molar-refractivity contribution in [2.24, 2.45) is 0 Å². The predicted molar refractivity (Wildman–Crippen MR) is 67.1 cm³/mol. The smallest absolute Gasteiger partial charge is 0.118 e. The summed E-state index contributed by atoms with van der Waals surface area (Å²) in [6.45, 7) is 0. The van der Waals surface area contributed by atoms with E-state index in [-0.39, 0.29) is 0 Å². The van der Waals surface area contributed by atoms with Gasteiger partial charge in [-0.25, -0.2) is 0 Å². The van der Waals surface area contributed by atoms with Crippen molar-refractivity contribution < 1.29 is 9.84 Å². The third-order valence-electron chi connectivity index (χ3n) is 3.50. The van der Waals surface area contributed by atoms with Crippen LogP contribution in [-0.2, 0) is 4.74 Å². The van der Waals surface area contributed by atoms with Gasteiger partial charge in [0.25, 0.3) is 0 Å². The summed E-state index contributed by atoms with van der Waals surface area (Å²) in [6.07, 6.45) is 4.71. The Morgan fingerprint density at radius 1 is 1.44 bits per heavy atom. The van der Waals surface area contributed by atoms with Gasteiger partial charge in [-0.2, -0.15) is 0 Å². The zero-order valence-corrected chi connectivity index (χ0v) is 11.0. The molecule has 1 fully saturated rings. The Balaban J connectivity index is 2.24. The number of halogens is 1. The van der Waals surface area contributed by atoms with Gasteiger partial charge < -0.3 is 9.84 Å². The van der Waals surface area contributed by atoms with Crippen molar-refractivity contribution in [3.05, 3.63) is 21.3 Å². The SMILES string of the molecule is COC1(C(O)c2sccc2Cl)CCCCC1. The van der Waals surface area contributed by atoms with Crippen LogP contribution in [0, 0.1) is 0 Å². The number of hydrogen-bond acceptors (Lipinski definition) is 3. The maximum Gasteiger partial charge on any atom is 0.118 e. The minimum absolute atomic E-state index is 0.424. The lowest BCUT2D eigenvalue weighted by Crippen LogP contribution is -2.40. The molecule has 1 saturated carbocycles. The largest absolute Gasteiger partial charge is 0.384 e. The molecule has 16 heavy (non-hydrogen) atoms. The van der Waals surface area contributed by atoms with Gasteiger partial charge in [0.05, 0.1) is 15.5 Å². The summed E-state index contributed by atoms with van der Waals surface area (Å²) >= 11 is 7.57. The standard InChI is InChI=1S/C12H17ClO2S/c1-15-12(6-3-2-4-7-12)11(14)10-9(13)5-8-16-10/h5,8,11,14H,2-4,6-7H2,1H3. The first-order valence-electron chi connectivity index (χ1n) is 5.66. The number of methoxy groups -OCH3 is 1. The highest BCUT2D eigenvalue weighted by Gasteiger charge is 2.41. The molecule has 1 N–H and O–H groups in total. The molecule has 4 heteroatoms. The van der Waals surface area contributed by atoms with Gasteiger partial charge in [-0.15, -0.1) is 11.3 Å². The summed E-state index contributed by atoms with van der Waals surface area (Å²) in [5.41, 5.74) is -0.424. The molecule has 1 aromatic heterocycles. The molecule has 90 valence electrons. The van der Waals surface area contributed by atoms with Crippen LogP contribution in [-0.4, -0.2) is 17.8 Å². The summed E-state index contributed by atoms with van der Waals surface area (Å²) < 4.78 is 5.62. The Morgan fingerprint density at radius 3 is 2.62 bits per heavy atom. The second-order valence-electron chi connectivity index (χ2n) is 4.36. The average Bonchev–Trinajstić information content (AvgIpc) is 2.75. The third kappa shape index (κ3) is 2.14. The molecule has 0 bridgehead atoms. The lowest BCUT2D eigenvalue weighted by Gasteiger charge is -2.39. The Hall–Kier alpha value is -0.0900. The number of aliphatic hydroxyl groups is 1. The maximum absolute atomic E-state index is 10.5. The van der Waals surface area contributed by atoms with Gasteiger partial charge in [0.2, 0.25) is 0 Å². The van der Waals surface area contributed by atoms with E-state index in [1.165, 1.54) is 17.8 Å². The van der Waals surface area contributed by atoms with Crippen LogP contribution in [0.2, 0.25) is 5.02 Å². The number of thiophene rings is 1. The van der Waals surface area contributed by atoms with E-state index < -0.39 is 11.7 Å². The lowest BCUT2D eigenvalue weighted by molar-refractivity contribution is -0.124. The van der Waals surface area contributed by atoms with E-state index in [4.69, 9.17) is 16.3 Å². The van der Waals surface area contributed by atoms with Gasteiger partial charge in [-0.05, 0) is 24.3 Å². The molecule has 0 spiro atoms. The fourth-order valence-electron chi connectivity index (χ4n) is 2.48. The first-order chi connectivity index (χ1) is 7.69. The average molecular weight is 261 g/mol. The minimum Gasteiger partial charge on any atom is -0.384 e. The Morgan fingerprint density at radius 2 is 2.12 bits per heavy atom. The van der Waals surface area contributed by atoms with Crippen molar-refractivity contribution in [2.45, 2.75) is 43.8 Å². The Kier molecular flexibility index (Phi) is 3.90. The predicted octanol–water partition coefficient (Wildman–Crippen LogP) is 3.78. The molecule has 1 heterocycles. The zero-order chi connectivity index (χ0) is 11.6. The summed E-state index contributed by atoms with van der Waals surface area (Å²) in [4.78, 5) is 0.838. The molecule has 1 aromatic rings. The summed E-state index contributed by atoms with van der Waals surface area (Å²) in [5, 5.41) is 13.0. The van der Waals surface area contributed by atoms with E-state index in [0.717, 1.165) is 30.6 Å². The van der Waals surface area contributed by atoms with Crippen LogP contribution in [0.4, 0.5) is 0 Å². The van der Waals surface area contributed by atoms with Gasteiger partial charge in [0, 0.05) is 7.11 Å². The van der Waals surface area contributed by atoms with Crippen LogP contribution in [0.15, 0.2) is 11.4 Å². The molecule has 0 amide bonds. The zero-order valence-electron chi connectivity index (χ0n) is 9.41. The fourth-order valence-corrected chi connectivity index (χ4v) is 3.73. The van der Waals surface area contributed by atoms with Crippen molar-refractivity contribution in [1.29, 1.82) is 0 Å². The van der Waals surface area contributed by atoms with Crippen LogP contribution in [0.3, 0.4) is 0 Å². The molecule has 1 atom stereocenters. The number of ether oxygens (including phenoxy) is 1. The molecule has 1 aliphatic carbocycles. The second kappa shape index (κ2) is 5.05. The van der Waals surface area contributed by atoms with Crippen LogP contribution < -0.4 is 0 Å². The van der Waals surface area contributed by atoms with E-state index in [1.54, 1.807) is 7.11 Å². The van der Waals surface area contributed by atoms with Crippen molar-refractivity contribution in [3.63, 3.8) is 0 Å². The molecule has 0 saturated heterocycles. The van der Waals surface area contributed by atoms with Crippen molar-refractivity contribution in [1.82, 2.24) is 0 Å². The van der Waals surface area contributed by atoms with E-state index in [0.29, 0.717) is 5.02 Å². The Labute approximate surface area is 105 Å². The Bertz CT molecular complexity index is 345. The second-order valence-corrected chi connectivity index (χ2v) is 5.72. The molecule has 1 aliphatic rings. The van der Waals surface area contributed by atoms with Crippen LogP contribution in [0.25, 0.3) is 0 Å². The van der Waals surface area contributed by atoms with Gasteiger partial charge in [-0.3, -0.25) is 0 Å². The van der Waals surface area contributed by atoms with Crippen LogP contribution >= 0.6 is 22.9 Å². The number of rotatable bonds is 3. The lowest BCUT2D eigenvalue weighted by atomic mass is 9.80. The first-order valence-corrected chi connectivity index (χ1v) is 6.91. The van der Waals surface area contributed by atoms with E-state index in [9.17, 15) is 5.11 Å². The van der Waals surface area contributed by atoms with E-state index in [1.807, 2.05) is 11.4 Å². The van der Waals surface area contributed by atoms with Crippen molar-refractivity contribution in [3.8, 4) is 0 Å². The monoisotopic (exact) mass is 260 g/mol. The third-order valence-corrected chi connectivity index (χ3v) is 4.91. The molecule has 2 nitrogen and oxygen atoms in total. The van der Waals surface area contributed by atoms with Crippen molar-refractivity contribution >= 4 is 22.9 Å². The highest BCUT2D eigenvalue weighted by atomic mass is 35.5. The summed E-state index contributed by atoms with van der Waals surface area (Å²) in [6, 6.07) is 1.83. The van der Waals surface area contributed by atoms with Gasteiger partial charge in [0.15, 0.2) is 0 Å². The molecule has 2 rings (SSSR count). The minimum atomic E-state index is -0.592. The molecular formula is C12H17ClO2S. The first kappa shape index (κ1) is 12.4. The van der Waals surface area contributed by atoms with Crippen molar-refractivity contribution in [2.75, 3.05) is 7.11 Å². The normalized spacial score (nSPS) is 21.9. The van der Waals surface area contributed by atoms with Gasteiger partial charge >= 0.3 is 0 Å². The van der Waals surface area contributed by atoms with E-state index in [2.05, 4.69) is 0 Å². The van der Waals surface area contributed by atoms with Gasteiger partial charge in [0.1, 0.15) is 6.10 Å². The molecule has 0 aliphatic heterocycles. The van der Waals surface area contributed by atoms with E-state index >= 15 is 0 Å². The summed E-state index contributed by atoms with van der Waals surface area (Å²) in [7, 11) is 1.69. The van der Waals surface area contributed by atoms with Gasteiger partial charge in [-0.1, -0.05) is 30.9 Å². The quantitative estimate of drug-likeness (QED) is 0.896. The molecule has 0 aromatic carbocycles.